The number of halogens is 2. The number of para-hydroxylation sites is 1. The van der Waals surface area contributed by atoms with Gasteiger partial charge in [-0.2, -0.15) is 10.2 Å². The fourth-order valence-electron chi connectivity index (χ4n) is 2.44. The first-order valence-electron chi connectivity index (χ1n) is 7.99. The van der Waals surface area contributed by atoms with Crippen LogP contribution in [0.5, 0.6) is 0 Å². The molecule has 0 atom stereocenters. The SMILES string of the molecule is CCSN(Cc1ccc(C2=NN=C(C(F)F)C2)cn1)c1ccccc1. The third-order valence-electron chi connectivity index (χ3n) is 3.69. The van der Waals surface area contributed by atoms with E-state index in [2.05, 4.69) is 38.5 Å². The molecule has 0 spiro atoms. The van der Waals surface area contributed by atoms with E-state index in [-0.39, 0.29) is 12.1 Å². The molecule has 0 N–H and O–H groups in total. The van der Waals surface area contributed by atoms with Gasteiger partial charge in [0.25, 0.3) is 6.43 Å². The Labute approximate surface area is 149 Å². The number of benzene rings is 1. The molecule has 2 aromatic rings. The summed E-state index contributed by atoms with van der Waals surface area (Å²) in [5.74, 6) is 0.956. The number of nitrogens with zero attached hydrogens (tertiary/aromatic N) is 4. The molecule has 4 nitrogen and oxygen atoms in total. The summed E-state index contributed by atoms with van der Waals surface area (Å²) in [7, 11) is 0. The lowest BCUT2D eigenvalue weighted by atomic mass is 10.1. The van der Waals surface area contributed by atoms with E-state index < -0.39 is 6.43 Å². The van der Waals surface area contributed by atoms with Crippen LogP contribution in [0.25, 0.3) is 0 Å². The zero-order valence-corrected chi connectivity index (χ0v) is 14.6. The lowest BCUT2D eigenvalue weighted by Gasteiger charge is -2.22. The highest BCUT2D eigenvalue weighted by Crippen LogP contribution is 2.24. The number of rotatable bonds is 7. The minimum Gasteiger partial charge on any atom is -0.310 e. The molecule has 1 aromatic carbocycles. The van der Waals surface area contributed by atoms with Crippen molar-refractivity contribution >= 4 is 29.1 Å². The van der Waals surface area contributed by atoms with Crippen molar-refractivity contribution in [1.29, 1.82) is 0 Å². The monoisotopic (exact) mass is 360 g/mol. The van der Waals surface area contributed by atoms with E-state index in [0.29, 0.717) is 12.3 Å². The molecule has 2 heterocycles. The predicted octanol–water partition coefficient (Wildman–Crippen LogP) is 4.57. The normalized spacial score (nSPS) is 13.8. The fraction of sp³-hybridized carbons (Fsp3) is 0.278. The van der Waals surface area contributed by atoms with E-state index in [9.17, 15) is 8.78 Å². The van der Waals surface area contributed by atoms with Gasteiger partial charge < -0.3 is 4.31 Å². The number of pyridine rings is 1. The minimum absolute atomic E-state index is 0.0838. The number of aromatic nitrogens is 1. The van der Waals surface area contributed by atoms with Crippen LogP contribution in [0.4, 0.5) is 14.5 Å². The molecule has 0 bridgehead atoms. The van der Waals surface area contributed by atoms with Gasteiger partial charge in [0.2, 0.25) is 0 Å². The molecule has 0 saturated carbocycles. The van der Waals surface area contributed by atoms with Crippen LogP contribution in [0, 0.1) is 0 Å². The van der Waals surface area contributed by atoms with Crippen molar-refractivity contribution in [3.05, 3.63) is 59.9 Å². The summed E-state index contributed by atoms with van der Waals surface area (Å²) in [6, 6.07) is 13.9. The Bertz CT molecular complexity index is 760. The Kier molecular flexibility index (Phi) is 5.75. The molecule has 0 amide bonds. The molecule has 3 rings (SSSR count). The number of alkyl halides is 2. The number of hydrogen-bond acceptors (Lipinski definition) is 5. The molecule has 0 unspecified atom stereocenters. The maximum Gasteiger partial charge on any atom is 0.278 e. The second-order valence-electron chi connectivity index (χ2n) is 5.44. The van der Waals surface area contributed by atoms with E-state index in [0.717, 1.165) is 22.7 Å². The van der Waals surface area contributed by atoms with Crippen molar-refractivity contribution < 1.29 is 8.78 Å². The van der Waals surface area contributed by atoms with Crippen LogP contribution >= 0.6 is 11.9 Å². The van der Waals surface area contributed by atoms with Crippen LogP contribution in [-0.2, 0) is 6.54 Å². The zero-order valence-electron chi connectivity index (χ0n) is 13.8. The summed E-state index contributed by atoms with van der Waals surface area (Å²) in [6.07, 6.45) is -0.794. The quantitative estimate of drug-likeness (QED) is 0.679. The standard InChI is InChI=1S/C18H18F2N4S/c1-2-25-24(15-6-4-3-5-7-15)12-14-9-8-13(11-21-14)16-10-17(18(19)20)23-22-16/h3-9,11,18H,2,10,12H2,1H3. The molecular formula is C18H18F2N4S. The number of anilines is 1. The van der Waals surface area contributed by atoms with Crippen molar-refractivity contribution in [2.75, 3.05) is 10.1 Å². The maximum absolute atomic E-state index is 12.6. The van der Waals surface area contributed by atoms with Crippen LogP contribution in [0.1, 0.15) is 24.6 Å². The minimum atomic E-state index is -2.56. The molecule has 25 heavy (non-hydrogen) atoms. The molecule has 0 radical (unpaired) electrons. The highest BCUT2D eigenvalue weighted by atomic mass is 32.2. The van der Waals surface area contributed by atoms with Gasteiger partial charge in [0.1, 0.15) is 5.71 Å². The van der Waals surface area contributed by atoms with Crippen LogP contribution in [0.2, 0.25) is 0 Å². The highest BCUT2D eigenvalue weighted by Gasteiger charge is 2.22. The predicted molar refractivity (Wildman–Crippen MR) is 99.6 cm³/mol. The lowest BCUT2D eigenvalue weighted by Crippen LogP contribution is -2.15. The van der Waals surface area contributed by atoms with E-state index in [1.807, 2.05) is 30.3 Å². The van der Waals surface area contributed by atoms with Gasteiger partial charge in [-0.15, -0.1) is 0 Å². The molecule has 0 saturated heterocycles. The van der Waals surface area contributed by atoms with Gasteiger partial charge in [-0.05, 0) is 36.2 Å². The molecule has 130 valence electrons. The van der Waals surface area contributed by atoms with E-state index in [4.69, 9.17) is 0 Å². The first-order valence-corrected chi connectivity index (χ1v) is 8.94. The van der Waals surface area contributed by atoms with Crippen molar-refractivity contribution in [3.8, 4) is 0 Å². The molecule has 1 aromatic heterocycles. The summed E-state index contributed by atoms with van der Waals surface area (Å²) < 4.78 is 27.5. The molecule has 7 heteroatoms. The fourth-order valence-corrected chi connectivity index (χ4v) is 3.25. The maximum atomic E-state index is 12.6. The van der Waals surface area contributed by atoms with Crippen LogP contribution < -0.4 is 4.31 Å². The van der Waals surface area contributed by atoms with Crippen molar-refractivity contribution in [2.45, 2.75) is 26.3 Å². The molecule has 1 aliphatic rings. The smallest absolute Gasteiger partial charge is 0.278 e. The second-order valence-corrected chi connectivity index (χ2v) is 6.72. The van der Waals surface area contributed by atoms with Gasteiger partial charge in [0.05, 0.1) is 18.0 Å². The topological polar surface area (TPSA) is 40.9 Å². The van der Waals surface area contributed by atoms with Gasteiger partial charge in [-0.25, -0.2) is 8.78 Å². The third-order valence-corrected chi connectivity index (χ3v) is 4.60. The van der Waals surface area contributed by atoms with Gasteiger partial charge in [-0.1, -0.05) is 25.1 Å². The first-order chi connectivity index (χ1) is 12.2. The van der Waals surface area contributed by atoms with Gasteiger partial charge >= 0.3 is 0 Å². The van der Waals surface area contributed by atoms with Crippen LogP contribution in [0.15, 0.2) is 58.9 Å². The Morgan fingerprint density at radius 3 is 2.52 bits per heavy atom. The Morgan fingerprint density at radius 2 is 1.92 bits per heavy atom. The third kappa shape index (κ3) is 4.42. The molecule has 1 aliphatic heterocycles. The second kappa shape index (κ2) is 8.20. The lowest BCUT2D eigenvalue weighted by molar-refractivity contribution is 0.224. The van der Waals surface area contributed by atoms with Crippen molar-refractivity contribution in [3.63, 3.8) is 0 Å². The molecule has 0 fully saturated rings. The van der Waals surface area contributed by atoms with Gasteiger partial charge in [-0.3, -0.25) is 4.98 Å². The Hall–Kier alpha value is -2.28. The summed E-state index contributed by atoms with van der Waals surface area (Å²) >= 11 is 1.73. The summed E-state index contributed by atoms with van der Waals surface area (Å²) in [5.41, 5.74) is 3.11. The summed E-state index contributed by atoms with van der Waals surface area (Å²) in [4.78, 5) is 4.47. The largest absolute Gasteiger partial charge is 0.310 e. The van der Waals surface area contributed by atoms with Crippen LogP contribution in [-0.4, -0.2) is 28.6 Å². The Morgan fingerprint density at radius 1 is 1.12 bits per heavy atom. The molecule has 0 aliphatic carbocycles. The Balaban J connectivity index is 1.68. The average Bonchev–Trinajstić information content (AvgIpc) is 3.13. The zero-order chi connectivity index (χ0) is 17.6. The van der Waals surface area contributed by atoms with E-state index in [1.165, 1.54) is 0 Å². The number of hydrogen-bond donors (Lipinski definition) is 0. The van der Waals surface area contributed by atoms with Gasteiger partial charge in [0.15, 0.2) is 0 Å². The molecular weight excluding hydrogens is 342 g/mol. The first kappa shape index (κ1) is 17.5. The summed E-state index contributed by atoms with van der Waals surface area (Å²) in [5, 5.41) is 7.39. The van der Waals surface area contributed by atoms with Crippen molar-refractivity contribution in [1.82, 2.24) is 4.98 Å². The van der Waals surface area contributed by atoms with E-state index >= 15 is 0 Å². The average molecular weight is 360 g/mol. The van der Waals surface area contributed by atoms with Gasteiger partial charge in [0, 0.05) is 29.6 Å². The summed E-state index contributed by atoms with van der Waals surface area (Å²) in [6.45, 7) is 2.77. The van der Waals surface area contributed by atoms with Crippen LogP contribution in [0.3, 0.4) is 0 Å². The highest BCUT2D eigenvalue weighted by molar-refractivity contribution is 8.00. The van der Waals surface area contributed by atoms with Crippen molar-refractivity contribution in [2.24, 2.45) is 10.2 Å². The van der Waals surface area contributed by atoms with E-state index in [1.54, 1.807) is 18.1 Å².